The van der Waals surface area contributed by atoms with Crippen LogP contribution in [0.2, 0.25) is 5.15 Å². The summed E-state index contributed by atoms with van der Waals surface area (Å²) in [5, 5.41) is 27.2. The predicted molar refractivity (Wildman–Crippen MR) is 136 cm³/mol. The molecule has 2 aliphatic carbocycles. The van der Waals surface area contributed by atoms with Gasteiger partial charge < -0.3 is 9.80 Å². The number of likely N-dealkylation sites (N-methyl/N-ethyl adjacent to an activating group) is 1. The van der Waals surface area contributed by atoms with Crippen LogP contribution in [0.3, 0.4) is 0 Å². The van der Waals surface area contributed by atoms with Gasteiger partial charge in [-0.2, -0.15) is 5.26 Å². The number of nitriles is 1. The van der Waals surface area contributed by atoms with E-state index < -0.39 is 5.41 Å². The van der Waals surface area contributed by atoms with Crippen molar-refractivity contribution in [2.75, 3.05) is 38.1 Å². The van der Waals surface area contributed by atoms with Crippen molar-refractivity contribution in [2.45, 2.75) is 43.0 Å². The first kappa shape index (κ1) is 23.0. The summed E-state index contributed by atoms with van der Waals surface area (Å²) in [6.07, 6.45) is 5.68. The summed E-state index contributed by atoms with van der Waals surface area (Å²) in [5.41, 5.74) is 1.26. The zero-order valence-electron chi connectivity index (χ0n) is 18.7. The molecule has 2 aromatic heterocycles. The van der Waals surface area contributed by atoms with Crippen molar-refractivity contribution >= 4 is 56.6 Å². The van der Waals surface area contributed by atoms with Gasteiger partial charge in [-0.15, -0.1) is 0 Å². The first-order chi connectivity index (χ1) is 15.7. The average Bonchev–Trinajstić information content (AvgIpc) is 3.72. The average molecular weight is 503 g/mol. The van der Waals surface area contributed by atoms with Crippen LogP contribution < -0.4 is 9.62 Å². The summed E-state index contributed by atoms with van der Waals surface area (Å²) in [6, 6.07) is 4.40. The van der Waals surface area contributed by atoms with Gasteiger partial charge in [0.1, 0.15) is 16.0 Å². The normalized spacial score (nSPS) is 21.1. The van der Waals surface area contributed by atoms with Crippen LogP contribution >= 0.6 is 35.3 Å². The zero-order valence-corrected chi connectivity index (χ0v) is 21.1. The Morgan fingerprint density at radius 2 is 1.91 bits per heavy atom. The molecule has 2 aromatic rings. The number of nitrogens with one attached hydrogen (secondary N) is 3. The number of rotatable bonds is 6. The van der Waals surface area contributed by atoms with Gasteiger partial charge >= 0.3 is 0 Å². The van der Waals surface area contributed by atoms with Crippen LogP contribution in [0.5, 0.6) is 0 Å². The summed E-state index contributed by atoms with van der Waals surface area (Å²) in [6.45, 7) is 5.95. The van der Waals surface area contributed by atoms with Gasteiger partial charge in [-0.25, -0.2) is 4.98 Å². The number of hydrogen-bond acceptors (Lipinski definition) is 9. The molecule has 1 saturated heterocycles. The molecule has 8 nitrogen and oxygen atoms in total. The van der Waals surface area contributed by atoms with Crippen LogP contribution in [0.25, 0.3) is 5.52 Å². The van der Waals surface area contributed by atoms with Crippen molar-refractivity contribution in [1.29, 1.82) is 16.1 Å². The van der Waals surface area contributed by atoms with Crippen LogP contribution in [0, 0.1) is 27.6 Å². The Balaban J connectivity index is 1.51. The minimum absolute atomic E-state index is 0.136. The third kappa shape index (κ3) is 4.49. The molecule has 3 aliphatic rings. The number of pyridine rings is 1. The Labute approximate surface area is 207 Å². The van der Waals surface area contributed by atoms with Crippen LogP contribution in [0.4, 0.5) is 5.69 Å². The lowest BCUT2D eigenvalue weighted by atomic mass is 10.2. The smallest absolute Gasteiger partial charge is 0.171 e. The second-order valence-corrected chi connectivity index (χ2v) is 11.8. The minimum Gasteiger partial charge on any atom is -0.367 e. The van der Waals surface area contributed by atoms with Crippen LogP contribution in [0.15, 0.2) is 17.2 Å². The molecule has 5 rings (SSSR count). The minimum atomic E-state index is -0.719. The van der Waals surface area contributed by atoms with Gasteiger partial charge in [0.15, 0.2) is 11.0 Å². The molecule has 0 bridgehead atoms. The number of thioether (sulfide) groups is 1. The molecule has 0 amide bonds. The summed E-state index contributed by atoms with van der Waals surface area (Å²) in [7, 11) is 2.13. The summed E-state index contributed by atoms with van der Waals surface area (Å²) < 4.78 is 5.46. The number of imidazole rings is 1. The molecular weight excluding hydrogens is 476 g/mol. The van der Waals surface area contributed by atoms with Gasteiger partial charge in [-0.05, 0) is 57.7 Å². The molecule has 11 heteroatoms. The first-order valence-corrected chi connectivity index (χ1v) is 13.1. The van der Waals surface area contributed by atoms with Gasteiger partial charge in [0.25, 0.3) is 0 Å². The Hall–Kier alpha value is -1.77. The number of fused-ring (bicyclic) bond motifs is 1. The van der Waals surface area contributed by atoms with E-state index in [1.54, 1.807) is 11.9 Å². The standard InChI is InChI=1S/C22H27ClN8S2/c1-21(3-4-21)28-33-14-11-15(30-9-7-29(2)8-10-30)16-17(23)27-19(31(16)12-14)18(25)32-20(26)22(13-24)5-6-22/h11-12,25-26,28H,3-10H2,1-2H3. The van der Waals surface area contributed by atoms with Crippen molar-refractivity contribution in [3.8, 4) is 6.07 Å². The maximum Gasteiger partial charge on any atom is 0.171 e. The lowest BCUT2D eigenvalue weighted by Crippen LogP contribution is -2.44. The van der Waals surface area contributed by atoms with E-state index in [4.69, 9.17) is 22.4 Å². The maximum absolute atomic E-state index is 9.42. The lowest BCUT2D eigenvalue weighted by Gasteiger charge is -2.34. The highest BCUT2D eigenvalue weighted by Crippen LogP contribution is 2.49. The molecule has 3 fully saturated rings. The third-order valence-corrected chi connectivity index (χ3v) is 9.01. The Morgan fingerprint density at radius 3 is 2.52 bits per heavy atom. The van der Waals surface area contributed by atoms with E-state index in [0.29, 0.717) is 23.8 Å². The molecule has 174 valence electrons. The van der Waals surface area contributed by atoms with E-state index in [1.165, 1.54) is 12.8 Å². The number of piperazine rings is 1. The van der Waals surface area contributed by atoms with E-state index in [2.05, 4.69) is 45.6 Å². The fourth-order valence-electron chi connectivity index (χ4n) is 3.86. The molecule has 33 heavy (non-hydrogen) atoms. The predicted octanol–water partition coefficient (Wildman–Crippen LogP) is 4.23. The van der Waals surface area contributed by atoms with Crippen LogP contribution in [-0.2, 0) is 0 Å². The van der Waals surface area contributed by atoms with E-state index in [9.17, 15) is 5.26 Å². The van der Waals surface area contributed by atoms with Crippen molar-refractivity contribution < 1.29 is 0 Å². The van der Waals surface area contributed by atoms with E-state index in [-0.39, 0.29) is 15.6 Å². The molecule has 0 radical (unpaired) electrons. The molecule has 0 aromatic carbocycles. The number of hydrogen-bond donors (Lipinski definition) is 3. The summed E-state index contributed by atoms with van der Waals surface area (Å²) in [5.74, 6) is 0.411. The highest BCUT2D eigenvalue weighted by molar-refractivity contribution is 8.26. The lowest BCUT2D eigenvalue weighted by molar-refractivity contribution is 0.313. The largest absolute Gasteiger partial charge is 0.367 e. The van der Waals surface area contributed by atoms with Crippen LogP contribution in [-0.4, -0.2) is 63.1 Å². The molecule has 1 aliphatic heterocycles. The maximum atomic E-state index is 9.42. The molecule has 2 saturated carbocycles. The topological polar surface area (TPSA) is 107 Å². The quantitative estimate of drug-likeness (QED) is 0.308. The molecule has 0 unspecified atom stereocenters. The number of nitrogens with zero attached hydrogens (tertiary/aromatic N) is 5. The highest BCUT2D eigenvalue weighted by Gasteiger charge is 2.48. The van der Waals surface area contributed by atoms with Crippen molar-refractivity contribution in [2.24, 2.45) is 5.41 Å². The van der Waals surface area contributed by atoms with E-state index in [0.717, 1.165) is 54.0 Å². The monoisotopic (exact) mass is 502 g/mol. The van der Waals surface area contributed by atoms with Gasteiger partial charge in [0.2, 0.25) is 0 Å². The van der Waals surface area contributed by atoms with Crippen molar-refractivity contribution in [1.82, 2.24) is 19.0 Å². The third-order valence-electron chi connectivity index (χ3n) is 6.71. The fourth-order valence-corrected chi connectivity index (χ4v) is 5.91. The number of anilines is 1. The van der Waals surface area contributed by atoms with Gasteiger partial charge in [-0.3, -0.25) is 19.9 Å². The van der Waals surface area contributed by atoms with E-state index in [1.807, 2.05) is 10.6 Å². The van der Waals surface area contributed by atoms with Gasteiger partial charge in [0, 0.05) is 42.8 Å². The summed E-state index contributed by atoms with van der Waals surface area (Å²) >= 11 is 9.26. The summed E-state index contributed by atoms with van der Waals surface area (Å²) in [4.78, 5) is 10.2. The molecule has 0 atom stereocenters. The highest BCUT2D eigenvalue weighted by atomic mass is 35.5. The number of aromatic nitrogens is 2. The SMILES string of the molecule is CN1CCN(c2cc(SNC3(C)CC3)cn3c(C(=N)SC(=N)C4(C#N)CC4)nc(Cl)c23)CC1. The Morgan fingerprint density at radius 1 is 1.21 bits per heavy atom. The zero-order chi connectivity index (χ0) is 23.4. The van der Waals surface area contributed by atoms with Gasteiger partial charge in [-0.1, -0.05) is 23.4 Å². The second kappa shape index (κ2) is 8.47. The van der Waals surface area contributed by atoms with Crippen molar-refractivity contribution in [3.63, 3.8) is 0 Å². The second-order valence-electron chi connectivity index (χ2n) is 9.52. The molecular formula is C22H27ClN8S2. The fraction of sp³-hybridized carbons (Fsp3) is 0.545. The Kier molecular flexibility index (Phi) is 5.90. The van der Waals surface area contributed by atoms with Crippen molar-refractivity contribution in [3.05, 3.63) is 23.2 Å². The van der Waals surface area contributed by atoms with Crippen LogP contribution in [0.1, 0.15) is 38.4 Å². The molecule has 0 spiro atoms. The number of halogens is 1. The molecule has 3 N–H and O–H groups in total. The van der Waals surface area contributed by atoms with Gasteiger partial charge in [0.05, 0.1) is 16.8 Å². The van der Waals surface area contributed by atoms with E-state index >= 15 is 0 Å². The first-order valence-electron chi connectivity index (χ1n) is 11.1. The Bertz CT molecular complexity index is 1170. The molecule has 3 heterocycles.